The zero-order valence-electron chi connectivity index (χ0n) is 12.0. The topological polar surface area (TPSA) is 107 Å². The lowest BCUT2D eigenvalue weighted by Crippen LogP contribution is -2.35. The van der Waals surface area contributed by atoms with Crippen molar-refractivity contribution in [2.75, 3.05) is 6.54 Å². The number of ether oxygens (including phenoxy) is 1. The van der Waals surface area contributed by atoms with E-state index in [-0.39, 0.29) is 37.6 Å². The first-order valence-electron chi connectivity index (χ1n) is 6.60. The van der Waals surface area contributed by atoms with Crippen LogP contribution in [0.3, 0.4) is 0 Å². The Balaban J connectivity index is 0. The molecule has 0 radical (unpaired) electrons. The number of carbonyl (C=O) groups is 3. The highest BCUT2D eigenvalue weighted by Crippen LogP contribution is 2.19. The molecule has 2 atom stereocenters. The highest BCUT2D eigenvalue weighted by Gasteiger charge is 2.32. The summed E-state index contributed by atoms with van der Waals surface area (Å²) < 4.78 is 5.19. The summed E-state index contributed by atoms with van der Waals surface area (Å²) in [6, 6.07) is 0. The molecule has 0 amide bonds. The zero-order valence-corrected chi connectivity index (χ0v) is 12.8. The number of rotatable bonds is 10. The number of carboxylic acids is 1. The molecule has 0 aliphatic rings. The summed E-state index contributed by atoms with van der Waals surface area (Å²) >= 11 is 0. The molecule has 0 saturated carbocycles. The van der Waals surface area contributed by atoms with Crippen LogP contribution in [0.5, 0.6) is 0 Å². The van der Waals surface area contributed by atoms with E-state index in [1.807, 2.05) is 13.8 Å². The normalized spacial score (nSPS) is 12.9. The molecule has 0 spiro atoms. The number of carboxylic acid groups (broad SMARTS) is 1. The van der Waals surface area contributed by atoms with Gasteiger partial charge in [0.25, 0.3) is 0 Å². The smallest absolute Gasteiger partial charge is 0.310 e. The standard InChI is InChI=1S/C13H23NO5.ClH/c1-3-5-11(19-12(16)6-4-2)10(13(17)18)7-9(15)8-14;/h10-11H,3-8,14H2,1-2H3,(H,17,18);1H. The molecule has 0 fully saturated rings. The van der Waals surface area contributed by atoms with Crippen LogP contribution in [0.4, 0.5) is 0 Å². The molecule has 0 aromatic carbocycles. The second-order valence-corrected chi connectivity index (χ2v) is 4.46. The number of hydrogen-bond acceptors (Lipinski definition) is 5. The largest absolute Gasteiger partial charge is 0.481 e. The first-order chi connectivity index (χ1) is 8.96. The fourth-order valence-corrected chi connectivity index (χ4v) is 1.77. The molecule has 0 aliphatic carbocycles. The van der Waals surface area contributed by atoms with Gasteiger partial charge in [-0.1, -0.05) is 20.3 Å². The Hall–Kier alpha value is -1.14. The lowest BCUT2D eigenvalue weighted by molar-refractivity contribution is -0.160. The second kappa shape index (κ2) is 11.7. The van der Waals surface area contributed by atoms with E-state index in [4.69, 9.17) is 10.5 Å². The van der Waals surface area contributed by atoms with Gasteiger partial charge in [-0.15, -0.1) is 12.4 Å². The van der Waals surface area contributed by atoms with Gasteiger partial charge in [-0.2, -0.15) is 0 Å². The fraction of sp³-hybridized carbons (Fsp3) is 0.769. The van der Waals surface area contributed by atoms with Gasteiger partial charge in [0.1, 0.15) is 17.8 Å². The highest BCUT2D eigenvalue weighted by molar-refractivity contribution is 5.86. The van der Waals surface area contributed by atoms with E-state index in [1.54, 1.807) is 0 Å². The molecule has 7 heteroatoms. The fourth-order valence-electron chi connectivity index (χ4n) is 1.77. The van der Waals surface area contributed by atoms with E-state index in [0.717, 1.165) is 0 Å². The van der Waals surface area contributed by atoms with Crippen molar-refractivity contribution in [1.29, 1.82) is 0 Å². The van der Waals surface area contributed by atoms with E-state index in [2.05, 4.69) is 0 Å². The van der Waals surface area contributed by atoms with Gasteiger partial charge in [-0.3, -0.25) is 14.4 Å². The Morgan fingerprint density at radius 3 is 2.20 bits per heavy atom. The van der Waals surface area contributed by atoms with Crippen LogP contribution in [-0.4, -0.2) is 35.5 Å². The number of aliphatic carboxylic acids is 1. The SMILES string of the molecule is CCCC(=O)OC(CCC)C(CC(=O)CN)C(=O)O.Cl. The van der Waals surface area contributed by atoms with Gasteiger partial charge < -0.3 is 15.6 Å². The van der Waals surface area contributed by atoms with Crippen LogP contribution in [-0.2, 0) is 19.1 Å². The van der Waals surface area contributed by atoms with E-state index < -0.39 is 24.0 Å². The first kappa shape index (κ1) is 21.2. The molecule has 2 unspecified atom stereocenters. The average Bonchev–Trinajstić information content (AvgIpc) is 2.35. The van der Waals surface area contributed by atoms with Crippen LogP contribution in [0.25, 0.3) is 0 Å². The first-order valence-corrected chi connectivity index (χ1v) is 6.60. The molecular formula is C13H24ClNO5. The predicted octanol–water partition coefficient (Wildman–Crippen LogP) is 1.54. The molecular weight excluding hydrogens is 286 g/mol. The molecule has 20 heavy (non-hydrogen) atoms. The minimum atomic E-state index is -1.13. The lowest BCUT2D eigenvalue weighted by Gasteiger charge is -2.23. The highest BCUT2D eigenvalue weighted by atomic mass is 35.5. The minimum Gasteiger partial charge on any atom is -0.481 e. The van der Waals surface area contributed by atoms with Gasteiger partial charge in [-0.25, -0.2) is 0 Å². The second-order valence-electron chi connectivity index (χ2n) is 4.46. The third kappa shape index (κ3) is 8.12. The third-order valence-electron chi connectivity index (χ3n) is 2.75. The van der Waals surface area contributed by atoms with Crippen molar-refractivity contribution in [3.05, 3.63) is 0 Å². The van der Waals surface area contributed by atoms with Crippen molar-refractivity contribution in [2.24, 2.45) is 11.7 Å². The van der Waals surface area contributed by atoms with Crippen molar-refractivity contribution in [3.8, 4) is 0 Å². The number of hydrogen-bond donors (Lipinski definition) is 2. The Kier molecular flexibility index (Phi) is 12.3. The summed E-state index contributed by atoms with van der Waals surface area (Å²) in [5.74, 6) is -2.92. The third-order valence-corrected chi connectivity index (χ3v) is 2.75. The molecule has 0 bridgehead atoms. The minimum absolute atomic E-state index is 0. The Morgan fingerprint density at radius 1 is 1.20 bits per heavy atom. The predicted molar refractivity (Wildman–Crippen MR) is 76.7 cm³/mol. The van der Waals surface area contributed by atoms with E-state index >= 15 is 0 Å². The molecule has 3 N–H and O–H groups in total. The monoisotopic (exact) mass is 309 g/mol. The number of halogens is 1. The average molecular weight is 310 g/mol. The summed E-state index contributed by atoms with van der Waals surface area (Å²) in [7, 11) is 0. The van der Waals surface area contributed by atoms with Crippen LogP contribution < -0.4 is 5.73 Å². The van der Waals surface area contributed by atoms with E-state index in [1.165, 1.54) is 0 Å². The van der Waals surface area contributed by atoms with Gasteiger partial charge in [0, 0.05) is 12.8 Å². The van der Waals surface area contributed by atoms with Crippen molar-refractivity contribution in [1.82, 2.24) is 0 Å². The molecule has 0 aliphatic heterocycles. The Bertz CT molecular complexity index is 322. The molecule has 118 valence electrons. The Labute approximate surface area is 125 Å². The van der Waals surface area contributed by atoms with Crippen molar-refractivity contribution >= 4 is 30.1 Å². The molecule has 0 aromatic heterocycles. The lowest BCUT2D eigenvalue weighted by atomic mass is 9.93. The summed E-state index contributed by atoms with van der Waals surface area (Å²) in [5.41, 5.74) is 5.19. The zero-order chi connectivity index (χ0) is 14.8. The quantitative estimate of drug-likeness (QED) is 0.593. The van der Waals surface area contributed by atoms with Gasteiger partial charge in [0.15, 0.2) is 0 Å². The van der Waals surface area contributed by atoms with Crippen molar-refractivity contribution in [2.45, 2.75) is 52.1 Å². The molecule has 0 rings (SSSR count). The van der Waals surface area contributed by atoms with Crippen LogP contribution in [0.1, 0.15) is 46.0 Å². The van der Waals surface area contributed by atoms with Crippen LogP contribution in [0.15, 0.2) is 0 Å². The number of nitrogens with two attached hydrogens (primary N) is 1. The number of ketones is 1. The molecule has 0 saturated heterocycles. The molecule has 0 aromatic rings. The van der Waals surface area contributed by atoms with Gasteiger partial charge in [0.2, 0.25) is 0 Å². The van der Waals surface area contributed by atoms with Crippen LogP contribution >= 0.6 is 12.4 Å². The van der Waals surface area contributed by atoms with Crippen molar-refractivity contribution in [3.63, 3.8) is 0 Å². The maximum absolute atomic E-state index is 11.5. The summed E-state index contributed by atoms with van der Waals surface area (Å²) in [4.78, 5) is 34.0. The van der Waals surface area contributed by atoms with Gasteiger partial charge in [0.05, 0.1) is 6.54 Å². The number of carbonyl (C=O) groups excluding carboxylic acids is 2. The van der Waals surface area contributed by atoms with E-state index in [9.17, 15) is 19.5 Å². The summed E-state index contributed by atoms with van der Waals surface area (Å²) in [6.45, 7) is 3.50. The van der Waals surface area contributed by atoms with E-state index in [0.29, 0.717) is 19.3 Å². The van der Waals surface area contributed by atoms with Crippen molar-refractivity contribution < 1.29 is 24.2 Å². The maximum Gasteiger partial charge on any atom is 0.310 e. The number of Topliss-reactive ketones (excluding diaryl/α,β-unsaturated/α-hetero) is 1. The van der Waals surface area contributed by atoms with Crippen LogP contribution in [0.2, 0.25) is 0 Å². The Morgan fingerprint density at radius 2 is 1.80 bits per heavy atom. The summed E-state index contributed by atoms with van der Waals surface area (Å²) in [6.07, 6.45) is 1.01. The van der Waals surface area contributed by atoms with Crippen LogP contribution in [0, 0.1) is 5.92 Å². The maximum atomic E-state index is 11.5. The van der Waals surface area contributed by atoms with Gasteiger partial charge in [-0.05, 0) is 12.8 Å². The van der Waals surface area contributed by atoms with Gasteiger partial charge >= 0.3 is 11.9 Å². The summed E-state index contributed by atoms with van der Waals surface area (Å²) in [5, 5.41) is 9.17. The molecule has 6 nitrogen and oxygen atoms in total. The molecule has 0 heterocycles. The number of esters is 1.